The number of fused-ring (bicyclic) bond motifs is 15. The number of nitrogens with zero attached hydrogens (tertiary/aromatic N) is 2. The number of benzene rings is 11. The van der Waals surface area contributed by atoms with Crippen molar-refractivity contribution in [3.8, 4) is 0 Å². The van der Waals surface area contributed by atoms with Crippen molar-refractivity contribution < 1.29 is 17.7 Å². The summed E-state index contributed by atoms with van der Waals surface area (Å²) in [5.41, 5.74) is 20.1. The molecular weight excluding hydrogens is 981 g/mol. The van der Waals surface area contributed by atoms with Crippen molar-refractivity contribution in [3.63, 3.8) is 0 Å². The van der Waals surface area contributed by atoms with E-state index in [1.54, 1.807) is 0 Å². The molecule has 11 aromatic carbocycles. The van der Waals surface area contributed by atoms with Gasteiger partial charge in [0.2, 0.25) is 0 Å². The SMILES string of the molecule is Cc1cc(C)cc(N(c2ccc3cc4c(cc3c2)oc2ccc3oc5cc6cc(N(c7cc(C)cc(C)c7)c7cccc8c7oc7c(C(C)(C)C)cccc78)ccc6cc5c3c24)c2cccc3c2oc2c(C(C)(C)C)cccc23)c1. The highest BCUT2D eigenvalue weighted by atomic mass is 16.3. The first-order valence-electron chi connectivity index (χ1n) is 27.9. The van der Waals surface area contributed by atoms with E-state index in [0.717, 1.165) is 143 Å². The van der Waals surface area contributed by atoms with E-state index < -0.39 is 0 Å². The van der Waals surface area contributed by atoms with Gasteiger partial charge in [0.25, 0.3) is 0 Å². The van der Waals surface area contributed by atoms with E-state index in [2.05, 4.69) is 261 Å². The summed E-state index contributed by atoms with van der Waals surface area (Å²) in [7, 11) is 0. The molecule has 15 rings (SSSR count). The van der Waals surface area contributed by atoms with Crippen molar-refractivity contribution in [3.05, 3.63) is 215 Å². The fourth-order valence-electron chi connectivity index (χ4n) is 13.0. The maximum Gasteiger partial charge on any atom is 0.159 e. The minimum Gasteiger partial charge on any atom is -0.456 e. The minimum absolute atomic E-state index is 0.0891. The zero-order valence-electron chi connectivity index (χ0n) is 46.8. The highest BCUT2D eigenvalue weighted by Gasteiger charge is 2.27. The van der Waals surface area contributed by atoms with E-state index >= 15 is 0 Å². The van der Waals surface area contributed by atoms with Crippen LogP contribution in [0.1, 0.15) is 74.9 Å². The van der Waals surface area contributed by atoms with Crippen LogP contribution in [0.5, 0.6) is 0 Å². The summed E-state index contributed by atoms with van der Waals surface area (Å²) in [6.07, 6.45) is 0. The van der Waals surface area contributed by atoms with Gasteiger partial charge in [0, 0.05) is 77.0 Å². The molecule has 6 nitrogen and oxygen atoms in total. The Balaban J connectivity index is 0.867. The molecule has 15 aromatic rings. The van der Waals surface area contributed by atoms with Crippen LogP contribution in [0.25, 0.3) is 109 Å². The largest absolute Gasteiger partial charge is 0.456 e. The molecule has 0 unspecified atom stereocenters. The maximum absolute atomic E-state index is 7.01. The highest BCUT2D eigenvalue weighted by Crippen LogP contribution is 2.49. The summed E-state index contributed by atoms with van der Waals surface area (Å²) >= 11 is 0. The van der Waals surface area contributed by atoms with E-state index in [4.69, 9.17) is 17.7 Å². The van der Waals surface area contributed by atoms with Crippen molar-refractivity contribution in [2.75, 3.05) is 9.80 Å². The van der Waals surface area contributed by atoms with Gasteiger partial charge in [0.15, 0.2) is 11.2 Å². The quantitative estimate of drug-likeness (QED) is 0.165. The van der Waals surface area contributed by atoms with Crippen LogP contribution in [0.4, 0.5) is 34.1 Å². The van der Waals surface area contributed by atoms with Crippen LogP contribution in [0.2, 0.25) is 0 Å². The Morgan fingerprint density at radius 1 is 0.287 bits per heavy atom. The average molecular weight is 1040 g/mol. The molecule has 390 valence electrons. The minimum atomic E-state index is -0.0891. The lowest BCUT2D eigenvalue weighted by Crippen LogP contribution is -2.11. The van der Waals surface area contributed by atoms with E-state index in [1.807, 2.05) is 0 Å². The number of para-hydroxylation sites is 4. The molecule has 80 heavy (non-hydrogen) atoms. The number of hydrogen-bond donors (Lipinski definition) is 0. The Labute approximate surface area is 464 Å². The predicted molar refractivity (Wildman–Crippen MR) is 336 cm³/mol. The molecular formula is C74H60N2O4. The van der Waals surface area contributed by atoms with Crippen LogP contribution in [0.15, 0.2) is 200 Å². The zero-order valence-corrected chi connectivity index (χ0v) is 46.8. The van der Waals surface area contributed by atoms with Crippen LogP contribution in [-0.4, -0.2) is 0 Å². The monoisotopic (exact) mass is 1040 g/mol. The Morgan fingerprint density at radius 2 is 0.662 bits per heavy atom. The van der Waals surface area contributed by atoms with Crippen LogP contribution in [-0.2, 0) is 10.8 Å². The van der Waals surface area contributed by atoms with Crippen LogP contribution in [0, 0.1) is 27.7 Å². The second-order valence-electron chi connectivity index (χ2n) is 24.5. The summed E-state index contributed by atoms with van der Waals surface area (Å²) in [5.74, 6) is 0. The first-order valence-corrected chi connectivity index (χ1v) is 27.9. The molecule has 0 saturated carbocycles. The molecule has 0 bridgehead atoms. The lowest BCUT2D eigenvalue weighted by Gasteiger charge is -2.26. The van der Waals surface area contributed by atoms with Crippen LogP contribution >= 0.6 is 0 Å². The molecule has 0 saturated heterocycles. The first-order chi connectivity index (χ1) is 38.5. The van der Waals surface area contributed by atoms with Gasteiger partial charge in [-0.25, -0.2) is 0 Å². The Morgan fingerprint density at radius 3 is 1.05 bits per heavy atom. The molecule has 0 aliphatic rings. The second kappa shape index (κ2) is 17.1. The first kappa shape index (κ1) is 47.9. The van der Waals surface area contributed by atoms with Crippen molar-refractivity contribution in [1.29, 1.82) is 0 Å². The molecule has 0 spiro atoms. The molecule has 4 aromatic heterocycles. The number of hydrogen-bond acceptors (Lipinski definition) is 6. The summed E-state index contributed by atoms with van der Waals surface area (Å²) in [6.45, 7) is 22.1. The predicted octanol–water partition coefficient (Wildman–Crippen LogP) is 22.4. The Hall–Kier alpha value is -9.26. The van der Waals surface area contributed by atoms with E-state index in [0.29, 0.717) is 0 Å². The zero-order chi connectivity index (χ0) is 54.7. The lowest BCUT2D eigenvalue weighted by molar-refractivity contribution is 0.572. The molecule has 0 fully saturated rings. The lowest BCUT2D eigenvalue weighted by atomic mass is 9.86. The molecule has 4 heterocycles. The van der Waals surface area contributed by atoms with E-state index in [9.17, 15) is 0 Å². The number of furan rings is 4. The van der Waals surface area contributed by atoms with Gasteiger partial charge in [-0.3, -0.25) is 0 Å². The topological polar surface area (TPSA) is 59.0 Å². The van der Waals surface area contributed by atoms with E-state index in [-0.39, 0.29) is 10.8 Å². The van der Waals surface area contributed by atoms with Gasteiger partial charge in [-0.1, -0.05) is 126 Å². The van der Waals surface area contributed by atoms with Crippen LogP contribution < -0.4 is 9.80 Å². The molecule has 0 atom stereocenters. The van der Waals surface area contributed by atoms with Gasteiger partial charge in [-0.15, -0.1) is 0 Å². The molecule has 0 aliphatic heterocycles. The third-order valence-electron chi connectivity index (χ3n) is 16.5. The third-order valence-corrected chi connectivity index (χ3v) is 16.5. The highest BCUT2D eigenvalue weighted by molar-refractivity contribution is 6.28. The normalized spacial score (nSPS) is 12.6. The Bertz CT molecular complexity index is 4740. The van der Waals surface area contributed by atoms with Crippen molar-refractivity contribution in [1.82, 2.24) is 0 Å². The number of aryl methyl sites for hydroxylation is 4. The fraction of sp³-hybridized carbons (Fsp3) is 0.162. The van der Waals surface area contributed by atoms with Gasteiger partial charge in [0.1, 0.15) is 33.5 Å². The van der Waals surface area contributed by atoms with E-state index in [1.165, 1.54) is 33.4 Å². The van der Waals surface area contributed by atoms with Crippen molar-refractivity contribution >= 4 is 143 Å². The van der Waals surface area contributed by atoms with Gasteiger partial charge in [0.05, 0.1) is 11.4 Å². The number of anilines is 6. The van der Waals surface area contributed by atoms with Gasteiger partial charge in [-0.2, -0.15) is 0 Å². The maximum atomic E-state index is 7.01. The fourth-order valence-corrected chi connectivity index (χ4v) is 13.0. The van der Waals surface area contributed by atoms with Gasteiger partial charge >= 0.3 is 0 Å². The van der Waals surface area contributed by atoms with Crippen molar-refractivity contribution in [2.45, 2.75) is 80.1 Å². The summed E-state index contributed by atoms with van der Waals surface area (Å²) in [5, 5.41) is 13.0. The second-order valence-corrected chi connectivity index (χ2v) is 24.5. The summed E-state index contributed by atoms with van der Waals surface area (Å²) < 4.78 is 27.7. The molecule has 6 heteroatoms. The van der Waals surface area contributed by atoms with Gasteiger partial charge in [-0.05, 0) is 179 Å². The summed E-state index contributed by atoms with van der Waals surface area (Å²) in [6, 6.07) is 66.2. The molecule has 0 N–H and O–H groups in total. The number of rotatable bonds is 6. The molecule has 0 radical (unpaired) electrons. The van der Waals surface area contributed by atoms with Crippen molar-refractivity contribution in [2.24, 2.45) is 0 Å². The smallest absolute Gasteiger partial charge is 0.159 e. The van der Waals surface area contributed by atoms with Gasteiger partial charge < -0.3 is 27.5 Å². The molecule has 0 amide bonds. The summed E-state index contributed by atoms with van der Waals surface area (Å²) in [4.78, 5) is 4.70. The Kier molecular flexibility index (Phi) is 10.3. The average Bonchev–Trinajstić information content (AvgIpc) is 3.84. The van der Waals surface area contributed by atoms with Crippen LogP contribution in [0.3, 0.4) is 0 Å². The molecule has 0 aliphatic carbocycles. The third kappa shape index (κ3) is 7.45. The standard InChI is InChI=1S/C74H60N2O4/c1-41-29-42(2)32-51(31-41)75(61-21-13-17-55-53-15-11-19-59(73(5,6)7)69(53)79-71(55)61)49-25-23-45-37-57-65(39-47(45)35-49)77-63-27-28-64-68(67(57)63)58-38-46-24-26-50(36-48(46)40-66(58)78-64)76(52-33-43(3)30-44(4)34-52)62-22-14-18-56-54-16-12-20-60(74(8,9)10)70(54)80-72(56)62/h11-40H,1-10H3.